The van der Waals surface area contributed by atoms with Crippen LogP contribution in [0.5, 0.6) is 0 Å². The largest absolute Gasteiger partial charge is 0.335 e. The van der Waals surface area contributed by atoms with Crippen molar-refractivity contribution in [3.8, 4) is 0 Å². The van der Waals surface area contributed by atoms with Gasteiger partial charge in [0.15, 0.2) is 0 Å². The molecule has 27 heavy (non-hydrogen) atoms. The number of carbonyl (C=O) groups is 1. The standard InChI is InChI=1S/C23H29ClN2O/c1-15-11-16(2)21-18(12-15)13-19(22(24)25-21)14-26(20-9-4-3-5-10-20)23(27)17-7-6-8-17/h11-13,17,20H,3-10,14H2,1-2H3. The lowest BCUT2D eigenvalue weighted by Gasteiger charge is -2.39. The highest BCUT2D eigenvalue weighted by Crippen LogP contribution is 2.34. The smallest absolute Gasteiger partial charge is 0.226 e. The minimum absolute atomic E-state index is 0.226. The van der Waals surface area contributed by atoms with Crippen molar-refractivity contribution >= 4 is 28.4 Å². The minimum Gasteiger partial charge on any atom is -0.335 e. The van der Waals surface area contributed by atoms with Crippen molar-refractivity contribution in [1.29, 1.82) is 0 Å². The van der Waals surface area contributed by atoms with Gasteiger partial charge in [0, 0.05) is 29.5 Å². The van der Waals surface area contributed by atoms with Crippen LogP contribution in [-0.2, 0) is 11.3 Å². The quantitative estimate of drug-likeness (QED) is 0.608. The lowest BCUT2D eigenvalue weighted by Crippen LogP contribution is -2.45. The molecule has 2 aromatic rings. The number of aromatic nitrogens is 1. The minimum atomic E-state index is 0.226. The Morgan fingerprint density at radius 2 is 1.81 bits per heavy atom. The van der Waals surface area contributed by atoms with Gasteiger partial charge in [0.2, 0.25) is 5.91 Å². The first kappa shape index (κ1) is 18.7. The predicted octanol–water partition coefficient (Wildman–Crippen LogP) is 5.97. The van der Waals surface area contributed by atoms with E-state index in [4.69, 9.17) is 11.6 Å². The molecule has 1 aromatic heterocycles. The molecule has 0 spiro atoms. The summed E-state index contributed by atoms with van der Waals surface area (Å²) in [5.41, 5.74) is 4.31. The van der Waals surface area contributed by atoms with Gasteiger partial charge in [-0.2, -0.15) is 0 Å². The highest BCUT2D eigenvalue weighted by molar-refractivity contribution is 6.30. The summed E-state index contributed by atoms with van der Waals surface area (Å²) in [5, 5.41) is 1.66. The molecule has 2 aliphatic rings. The van der Waals surface area contributed by atoms with Gasteiger partial charge in [-0.25, -0.2) is 4.98 Å². The molecule has 2 aliphatic carbocycles. The van der Waals surface area contributed by atoms with Crippen molar-refractivity contribution in [2.24, 2.45) is 5.92 Å². The molecule has 1 amide bonds. The summed E-state index contributed by atoms with van der Waals surface area (Å²) in [6, 6.07) is 6.81. The fourth-order valence-electron chi connectivity index (χ4n) is 4.64. The van der Waals surface area contributed by atoms with E-state index in [9.17, 15) is 4.79 Å². The van der Waals surface area contributed by atoms with Crippen LogP contribution in [0.2, 0.25) is 5.15 Å². The van der Waals surface area contributed by atoms with Crippen molar-refractivity contribution in [1.82, 2.24) is 9.88 Å². The predicted molar refractivity (Wildman–Crippen MR) is 111 cm³/mol. The van der Waals surface area contributed by atoms with Crippen LogP contribution < -0.4 is 0 Å². The van der Waals surface area contributed by atoms with Crippen LogP contribution in [-0.4, -0.2) is 21.8 Å². The van der Waals surface area contributed by atoms with Gasteiger partial charge in [0.25, 0.3) is 0 Å². The fraction of sp³-hybridized carbons (Fsp3) is 0.565. The van der Waals surface area contributed by atoms with Crippen molar-refractivity contribution < 1.29 is 4.79 Å². The maximum absolute atomic E-state index is 13.2. The summed E-state index contributed by atoms with van der Waals surface area (Å²) < 4.78 is 0. The van der Waals surface area contributed by atoms with Gasteiger partial charge < -0.3 is 4.90 Å². The van der Waals surface area contributed by atoms with Gasteiger partial charge in [-0.15, -0.1) is 0 Å². The maximum Gasteiger partial charge on any atom is 0.226 e. The molecule has 0 bridgehead atoms. The van der Waals surface area contributed by atoms with Gasteiger partial charge in [-0.05, 0) is 57.2 Å². The molecule has 1 aromatic carbocycles. The topological polar surface area (TPSA) is 33.2 Å². The monoisotopic (exact) mass is 384 g/mol. The molecule has 0 radical (unpaired) electrons. The van der Waals surface area contributed by atoms with Crippen LogP contribution in [0.3, 0.4) is 0 Å². The zero-order chi connectivity index (χ0) is 19.0. The van der Waals surface area contributed by atoms with E-state index in [1.54, 1.807) is 0 Å². The van der Waals surface area contributed by atoms with E-state index >= 15 is 0 Å². The number of pyridine rings is 1. The molecule has 4 heteroatoms. The van der Waals surface area contributed by atoms with Crippen LogP contribution in [0.15, 0.2) is 18.2 Å². The number of nitrogens with zero attached hydrogens (tertiary/aromatic N) is 2. The Balaban J connectivity index is 1.67. The lowest BCUT2D eigenvalue weighted by molar-refractivity contribution is -0.142. The number of hydrogen-bond donors (Lipinski definition) is 0. The van der Waals surface area contributed by atoms with Crippen LogP contribution in [0, 0.1) is 19.8 Å². The second kappa shape index (κ2) is 7.79. The number of fused-ring (bicyclic) bond motifs is 1. The van der Waals surface area contributed by atoms with Crippen molar-refractivity contribution in [3.63, 3.8) is 0 Å². The molecule has 0 aliphatic heterocycles. The van der Waals surface area contributed by atoms with Crippen LogP contribution in [0.4, 0.5) is 0 Å². The van der Waals surface area contributed by atoms with E-state index in [1.807, 2.05) is 0 Å². The molecule has 0 atom stereocenters. The fourth-order valence-corrected chi connectivity index (χ4v) is 4.84. The Hall–Kier alpha value is -1.61. The third-order valence-electron chi connectivity index (χ3n) is 6.37. The van der Waals surface area contributed by atoms with E-state index in [0.717, 1.165) is 47.7 Å². The second-order valence-electron chi connectivity index (χ2n) is 8.48. The molecular weight excluding hydrogens is 356 g/mol. The average molecular weight is 385 g/mol. The van der Waals surface area contributed by atoms with Crippen molar-refractivity contribution in [2.75, 3.05) is 0 Å². The number of benzene rings is 1. The van der Waals surface area contributed by atoms with Gasteiger partial charge in [0.05, 0.1) is 5.52 Å². The molecular formula is C23H29ClN2O. The summed E-state index contributed by atoms with van der Waals surface area (Å²) in [6.07, 6.45) is 9.26. The molecule has 1 heterocycles. The highest BCUT2D eigenvalue weighted by Gasteiger charge is 2.34. The second-order valence-corrected chi connectivity index (χ2v) is 8.84. The Morgan fingerprint density at radius 3 is 2.48 bits per heavy atom. The molecule has 4 rings (SSSR count). The summed E-state index contributed by atoms with van der Waals surface area (Å²) in [5.74, 6) is 0.563. The Bertz CT molecular complexity index is 853. The number of aryl methyl sites for hydroxylation is 2. The first-order chi connectivity index (χ1) is 13.0. The van der Waals surface area contributed by atoms with E-state index in [0.29, 0.717) is 23.6 Å². The van der Waals surface area contributed by atoms with Crippen molar-refractivity contribution in [2.45, 2.75) is 77.8 Å². The van der Waals surface area contributed by atoms with E-state index in [-0.39, 0.29) is 5.92 Å². The van der Waals surface area contributed by atoms with E-state index in [2.05, 4.69) is 41.9 Å². The number of amides is 1. The van der Waals surface area contributed by atoms with Gasteiger partial charge in [0.1, 0.15) is 5.15 Å². The van der Waals surface area contributed by atoms with Gasteiger partial charge in [-0.1, -0.05) is 48.9 Å². The summed E-state index contributed by atoms with van der Waals surface area (Å²) >= 11 is 6.58. The molecule has 0 saturated heterocycles. The highest BCUT2D eigenvalue weighted by atomic mass is 35.5. The molecule has 2 fully saturated rings. The third kappa shape index (κ3) is 3.85. The molecule has 3 nitrogen and oxygen atoms in total. The average Bonchev–Trinajstić information content (AvgIpc) is 2.60. The van der Waals surface area contributed by atoms with Gasteiger partial charge in [-0.3, -0.25) is 4.79 Å². The zero-order valence-corrected chi connectivity index (χ0v) is 17.2. The number of carbonyl (C=O) groups excluding carboxylic acids is 1. The lowest BCUT2D eigenvalue weighted by atomic mass is 9.83. The normalized spacial score (nSPS) is 18.5. The molecule has 144 valence electrons. The van der Waals surface area contributed by atoms with E-state index < -0.39 is 0 Å². The van der Waals surface area contributed by atoms with Crippen LogP contribution >= 0.6 is 11.6 Å². The number of halogens is 1. The Labute approximate surface area is 167 Å². The Morgan fingerprint density at radius 1 is 1.07 bits per heavy atom. The van der Waals surface area contributed by atoms with Crippen LogP contribution in [0.25, 0.3) is 10.9 Å². The first-order valence-electron chi connectivity index (χ1n) is 10.4. The zero-order valence-electron chi connectivity index (χ0n) is 16.4. The van der Waals surface area contributed by atoms with Crippen molar-refractivity contribution in [3.05, 3.63) is 40.0 Å². The summed E-state index contributed by atoms with van der Waals surface area (Å²) in [7, 11) is 0. The first-order valence-corrected chi connectivity index (χ1v) is 10.8. The summed E-state index contributed by atoms with van der Waals surface area (Å²) in [6.45, 7) is 4.77. The van der Waals surface area contributed by atoms with E-state index in [1.165, 1.54) is 31.2 Å². The SMILES string of the molecule is Cc1cc(C)c2nc(Cl)c(CN(C(=O)C3CCC3)C3CCCCC3)cc2c1. The maximum atomic E-state index is 13.2. The number of rotatable bonds is 4. The molecule has 0 N–H and O–H groups in total. The van der Waals surface area contributed by atoms with Crippen LogP contribution in [0.1, 0.15) is 68.1 Å². The number of hydrogen-bond acceptors (Lipinski definition) is 2. The molecule has 0 unspecified atom stereocenters. The third-order valence-corrected chi connectivity index (χ3v) is 6.70. The molecule has 2 saturated carbocycles. The Kier molecular flexibility index (Phi) is 5.41. The van der Waals surface area contributed by atoms with Gasteiger partial charge >= 0.3 is 0 Å². The summed E-state index contributed by atoms with van der Waals surface area (Å²) in [4.78, 5) is 20.0.